The lowest BCUT2D eigenvalue weighted by Crippen LogP contribution is -2.21. The van der Waals surface area contributed by atoms with Gasteiger partial charge >= 0.3 is 0 Å². The summed E-state index contributed by atoms with van der Waals surface area (Å²) in [5, 5.41) is 7.76. The molecule has 18 heavy (non-hydrogen) atoms. The summed E-state index contributed by atoms with van der Waals surface area (Å²) in [4.78, 5) is 2.82. The average Bonchev–Trinajstić information content (AvgIpc) is 2.85. The molecule has 2 heterocycles. The summed E-state index contributed by atoms with van der Waals surface area (Å²) >= 11 is 1.88. The molecule has 1 atom stereocenters. The number of hydrogen-bond acceptors (Lipinski definition) is 3. The third-order valence-corrected chi connectivity index (χ3v) is 4.15. The highest BCUT2D eigenvalue weighted by molar-refractivity contribution is 7.12. The Balaban J connectivity index is 1.85. The molecule has 0 aliphatic rings. The molecule has 1 N–H and O–H groups in total. The zero-order chi connectivity index (χ0) is 13.1. The van der Waals surface area contributed by atoms with Crippen molar-refractivity contribution < 1.29 is 0 Å². The van der Waals surface area contributed by atoms with Crippen molar-refractivity contribution in [2.75, 3.05) is 6.54 Å². The molecular formula is C14H21N3S. The van der Waals surface area contributed by atoms with Gasteiger partial charge in [0.1, 0.15) is 0 Å². The van der Waals surface area contributed by atoms with E-state index in [1.807, 2.05) is 29.3 Å². The molecule has 0 radical (unpaired) electrons. The molecule has 0 bridgehead atoms. The molecule has 0 amide bonds. The van der Waals surface area contributed by atoms with Crippen molar-refractivity contribution in [1.29, 1.82) is 0 Å². The SMILES string of the molecule is Cc1cc(C(C)NCCc2cnn(C)c2)c(C)s1. The summed E-state index contributed by atoms with van der Waals surface area (Å²) in [6.07, 6.45) is 5.04. The van der Waals surface area contributed by atoms with Crippen LogP contribution in [0, 0.1) is 13.8 Å². The molecule has 0 saturated carbocycles. The molecule has 98 valence electrons. The summed E-state index contributed by atoms with van der Waals surface area (Å²) in [6.45, 7) is 7.59. The van der Waals surface area contributed by atoms with Crippen LogP contribution in [0.25, 0.3) is 0 Å². The summed E-state index contributed by atoms with van der Waals surface area (Å²) < 4.78 is 1.85. The summed E-state index contributed by atoms with van der Waals surface area (Å²) in [5.74, 6) is 0. The molecule has 0 aromatic carbocycles. The van der Waals surface area contributed by atoms with Crippen LogP contribution >= 0.6 is 11.3 Å². The lowest BCUT2D eigenvalue weighted by Gasteiger charge is -2.13. The maximum atomic E-state index is 4.18. The molecule has 2 rings (SSSR count). The van der Waals surface area contributed by atoms with Crippen molar-refractivity contribution >= 4 is 11.3 Å². The zero-order valence-corrected chi connectivity index (χ0v) is 12.3. The fourth-order valence-corrected chi connectivity index (χ4v) is 3.25. The highest BCUT2D eigenvalue weighted by Gasteiger charge is 2.10. The lowest BCUT2D eigenvalue weighted by molar-refractivity contribution is 0.576. The molecule has 0 aliphatic carbocycles. The first-order chi connectivity index (χ1) is 8.56. The van der Waals surface area contributed by atoms with E-state index in [1.54, 1.807) is 0 Å². The normalized spacial score (nSPS) is 12.9. The van der Waals surface area contributed by atoms with Crippen molar-refractivity contribution in [3.05, 3.63) is 39.3 Å². The highest BCUT2D eigenvalue weighted by atomic mass is 32.1. The Morgan fingerprint density at radius 1 is 1.44 bits per heavy atom. The Bertz CT molecular complexity index is 513. The number of rotatable bonds is 5. The zero-order valence-electron chi connectivity index (χ0n) is 11.5. The van der Waals surface area contributed by atoms with Gasteiger partial charge in [0.25, 0.3) is 0 Å². The van der Waals surface area contributed by atoms with Crippen LogP contribution in [-0.4, -0.2) is 16.3 Å². The van der Waals surface area contributed by atoms with E-state index in [9.17, 15) is 0 Å². The average molecular weight is 263 g/mol. The fourth-order valence-electron chi connectivity index (χ4n) is 2.22. The number of hydrogen-bond donors (Lipinski definition) is 1. The minimum absolute atomic E-state index is 0.423. The van der Waals surface area contributed by atoms with Gasteiger partial charge in [0.05, 0.1) is 6.20 Å². The van der Waals surface area contributed by atoms with Gasteiger partial charge in [-0.15, -0.1) is 11.3 Å². The number of thiophene rings is 1. The number of nitrogens with one attached hydrogen (secondary N) is 1. The first-order valence-electron chi connectivity index (χ1n) is 6.34. The van der Waals surface area contributed by atoms with Crippen LogP contribution in [0.4, 0.5) is 0 Å². The molecule has 0 saturated heterocycles. The Hall–Kier alpha value is -1.13. The first kappa shape index (κ1) is 13.3. The lowest BCUT2D eigenvalue weighted by atomic mass is 10.1. The van der Waals surface area contributed by atoms with Gasteiger partial charge in [0.2, 0.25) is 0 Å². The summed E-state index contributed by atoms with van der Waals surface area (Å²) in [6, 6.07) is 2.72. The Morgan fingerprint density at radius 2 is 2.22 bits per heavy atom. The van der Waals surface area contributed by atoms with Crippen molar-refractivity contribution in [2.45, 2.75) is 33.2 Å². The van der Waals surface area contributed by atoms with E-state index in [2.05, 4.69) is 43.4 Å². The van der Waals surface area contributed by atoms with Crippen molar-refractivity contribution in [1.82, 2.24) is 15.1 Å². The van der Waals surface area contributed by atoms with Crippen LogP contribution < -0.4 is 5.32 Å². The van der Waals surface area contributed by atoms with E-state index < -0.39 is 0 Å². The Kier molecular flexibility index (Phi) is 4.19. The molecule has 2 aromatic rings. The van der Waals surface area contributed by atoms with E-state index in [1.165, 1.54) is 20.9 Å². The molecule has 1 unspecified atom stereocenters. The van der Waals surface area contributed by atoms with Gasteiger partial charge in [-0.05, 0) is 50.9 Å². The monoisotopic (exact) mass is 263 g/mol. The molecule has 4 heteroatoms. The van der Waals surface area contributed by atoms with Crippen LogP contribution in [0.3, 0.4) is 0 Å². The van der Waals surface area contributed by atoms with Crippen molar-refractivity contribution in [2.24, 2.45) is 7.05 Å². The standard InChI is InChI=1S/C14H21N3S/c1-10-7-14(12(3)18-10)11(2)15-6-5-13-8-16-17(4)9-13/h7-9,11,15H,5-6H2,1-4H3. The van der Waals surface area contributed by atoms with Crippen LogP contribution in [0.1, 0.15) is 33.8 Å². The molecular weight excluding hydrogens is 242 g/mol. The molecule has 3 nitrogen and oxygen atoms in total. The Morgan fingerprint density at radius 3 is 2.78 bits per heavy atom. The molecule has 2 aromatic heterocycles. The maximum absolute atomic E-state index is 4.18. The van der Waals surface area contributed by atoms with E-state index in [4.69, 9.17) is 0 Å². The summed E-state index contributed by atoms with van der Waals surface area (Å²) in [7, 11) is 1.96. The van der Waals surface area contributed by atoms with E-state index >= 15 is 0 Å². The molecule has 0 fully saturated rings. The van der Waals surface area contributed by atoms with Crippen molar-refractivity contribution in [3.8, 4) is 0 Å². The largest absolute Gasteiger partial charge is 0.310 e. The molecule has 0 aliphatic heterocycles. The Labute approximate surface area is 113 Å². The fraction of sp³-hybridized carbons (Fsp3) is 0.500. The second-order valence-corrected chi connectivity index (χ2v) is 6.28. The predicted octanol–water partition coefficient (Wildman–Crippen LogP) is 2.99. The minimum atomic E-state index is 0.423. The van der Waals surface area contributed by atoms with Gasteiger partial charge in [-0.1, -0.05) is 0 Å². The van der Waals surface area contributed by atoms with Gasteiger partial charge in [0, 0.05) is 29.0 Å². The second-order valence-electron chi connectivity index (χ2n) is 4.82. The number of aromatic nitrogens is 2. The highest BCUT2D eigenvalue weighted by Crippen LogP contribution is 2.25. The third kappa shape index (κ3) is 3.21. The van der Waals surface area contributed by atoms with Gasteiger partial charge in [-0.3, -0.25) is 4.68 Å². The predicted molar refractivity (Wildman–Crippen MR) is 77.1 cm³/mol. The van der Waals surface area contributed by atoms with Gasteiger partial charge in [-0.25, -0.2) is 0 Å². The second kappa shape index (κ2) is 5.67. The summed E-state index contributed by atoms with van der Waals surface area (Å²) in [5.41, 5.74) is 2.72. The van der Waals surface area contributed by atoms with Crippen LogP contribution in [0.2, 0.25) is 0 Å². The van der Waals surface area contributed by atoms with Crippen LogP contribution in [-0.2, 0) is 13.5 Å². The van der Waals surface area contributed by atoms with E-state index in [0.717, 1.165) is 13.0 Å². The smallest absolute Gasteiger partial charge is 0.0522 e. The van der Waals surface area contributed by atoms with E-state index in [0.29, 0.717) is 6.04 Å². The topological polar surface area (TPSA) is 29.9 Å². The first-order valence-corrected chi connectivity index (χ1v) is 7.15. The minimum Gasteiger partial charge on any atom is -0.310 e. The number of aryl methyl sites for hydroxylation is 3. The number of nitrogens with zero attached hydrogens (tertiary/aromatic N) is 2. The third-order valence-electron chi connectivity index (χ3n) is 3.17. The van der Waals surface area contributed by atoms with Gasteiger partial charge in [-0.2, -0.15) is 5.10 Å². The van der Waals surface area contributed by atoms with Crippen LogP contribution in [0.5, 0.6) is 0 Å². The van der Waals surface area contributed by atoms with Gasteiger partial charge in [0.15, 0.2) is 0 Å². The van der Waals surface area contributed by atoms with Gasteiger partial charge < -0.3 is 5.32 Å². The maximum Gasteiger partial charge on any atom is 0.0522 e. The quantitative estimate of drug-likeness (QED) is 0.898. The van der Waals surface area contributed by atoms with Crippen LogP contribution in [0.15, 0.2) is 18.5 Å². The van der Waals surface area contributed by atoms with E-state index in [-0.39, 0.29) is 0 Å². The molecule has 0 spiro atoms. The van der Waals surface area contributed by atoms with Crippen molar-refractivity contribution in [3.63, 3.8) is 0 Å².